The van der Waals surface area contributed by atoms with Crippen molar-refractivity contribution in [2.24, 2.45) is 5.92 Å². The maximum Gasteiger partial charge on any atom is 0.318 e. The molecule has 0 saturated carbocycles. The summed E-state index contributed by atoms with van der Waals surface area (Å²) in [5, 5.41) is 11.4. The fraction of sp³-hybridized carbons (Fsp3) is 0.350. The third-order valence-corrected chi connectivity index (χ3v) is 5.99. The summed E-state index contributed by atoms with van der Waals surface area (Å²) in [6, 6.07) is 12.3. The van der Waals surface area contributed by atoms with E-state index in [0.717, 1.165) is 10.0 Å². The molecule has 0 N–H and O–H groups in total. The second kappa shape index (κ2) is 6.95. The minimum absolute atomic E-state index is 0.0475. The van der Waals surface area contributed by atoms with Gasteiger partial charge in [-0.2, -0.15) is 0 Å². The molecule has 2 heterocycles. The molecule has 0 spiro atoms. The van der Waals surface area contributed by atoms with Crippen LogP contribution in [0.15, 0.2) is 46.9 Å². The van der Waals surface area contributed by atoms with Crippen molar-refractivity contribution in [1.29, 1.82) is 0 Å². The summed E-state index contributed by atoms with van der Waals surface area (Å²) in [4.78, 5) is 23.8. The van der Waals surface area contributed by atoms with Gasteiger partial charge in [-0.25, -0.2) is 0 Å². The van der Waals surface area contributed by atoms with Gasteiger partial charge in [0, 0.05) is 35.6 Å². The molecule has 0 aliphatic carbocycles. The molecule has 146 valence electrons. The highest BCUT2D eigenvalue weighted by Gasteiger charge is 2.53. The fourth-order valence-corrected chi connectivity index (χ4v) is 4.29. The third-order valence-electron chi connectivity index (χ3n) is 5.46. The van der Waals surface area contributed by atoms with Crippen LogP contribution in [0.3, 0.4) is 0 Å². The number of methoxy groups -OCH3 is 1. The number of carbonyl (C=O) groups excluding carboxylic acids is 1. The van der Waals surface area contributed by atoms with E-state index in [1.54, 1.807) is 19.2 Å². The van der Waals surface area contributed by atoms with Crippen LogP contribution in [0.4, 0.5) is 5.69 Å². The van der Waals surface area contributed by atoms with Gasteiger partial charge in [-0.15, -0.1) is 0 Å². The van der Waals surface area contributed by atoms with E-state index in [1.165, 1.54) is 6.07 Å². The van der Waals surface area contributed by atoms with Crippen LogP contribution >= 0.6 is 15.9 Å². The summed E-state index contributed by atoms with van der Waals surface area (Å²) in [7, 11) is 1.55. The maximum absolute atomic E-state index is 12.9. The van der Waals surface area contributed by atoms with Crippen LogP contribution in [0.1, 0.15) is 36.5 Å². The van der Waals surface area contributed by atoms with Gasteiger partial charge in [0.25, 0.3) is 0 Å². The van der Waals surface area contributed by atoms with E-state index in [4.69, 9.17) is 14.2 Å². The number of esters is 1. The van der Waals surface area contributed by atoms with Crippen molar-refractivity contribution >= 4 is 27.6 Å². The maximum atomic E-state index is 12.9. The molecule has 28 heavy (non-hydrogen) atoms. The molecule has 8 heteroatoms. The number of fused-ring (bicyclic) bond motifs is 3. The Morgan fingerprint density at radius 1 is 1.25 bits per heavy atom. The first-order valence-corrected chi connectivity index (χ1v) is 9.60. The number of nitrogens with zero attached hydrogens (tertiary/aromatic N) is 1. The van der Waals surface area contributed by atoms with Crippen molar-refractivity contribution in [3.8, 4) is 5.75 Å². The largest absolute Gasteiger partial charge is 0.418 e. The first kappa shape index (κ1) is 19.0. The molecule has 0 aromatic heterocycles. The van der Waals surface area contributed by atoms with Crippen LogP contribution in [0, 0.1) is 16.0 Å². The third kappa shape index (κ3) is 3.11. The molecule has 0 radical (unpaired) electrons. The van der Waals surface area contributed by atoms with Gasteiger partial charge in [-0.05, 0) is 24.6 Å². The molecular weight excluding hydrogens is 430 g/mol. The first-order chi connectivity index (χ1) is 13.3. The average Bonchev–Trinajstić information content (AvgIpc) is 2.67. The Morgan fingerprint density at radius 3 is 2.61 bits per heavy atom. The molecule has 2 aliphatic rings. The normalized spacial score (nSPS) is 28.8. The second-order valence-corrected chi connectivity index (χ2v) is 8.05. The minimum atomic E-state index is -0.946. The summed E-state index contributed by atoms with van der Waals surface area (Å²) in [5.74, 6) is -2.37. The zero-order chi connectivity index (χ0) is 20.1. The van der Waals surface area contributed by atoms with E-state index in [2.05, 4.69) is 15.9 Å². The van der Waals surface area contributed by atoms with Crippen LogP contribution in [-0.2, 0) is 14.3 Å². The first-order valence-electron chi connectivity index (χ1n) is 8.80. The number of hydrogen-bond donors (Lipinski definition) is 0. The van der Waals surface area contributed by atoms with Crippen LogP contribution in [0.2, 0.25) is 0 Å². The van der Waals surface area contributed by atoms with E-state index >= 15 is 0 Å². The number of rotatable bonds is 3. The molecular formula is C20H18BrNO6. The van der Waals surface area contributed by atoms with Gasteiger partial charge in [0.1, 0.15) is 6.10 Å². The quantitative estimate of drug-likeness (QED) is 0.297. The number of nitro benzene ring substituents is 1. The summed E-state index contributed by atoms with van der Waals surface area (Å²) in [6.45, 7) is 1.81. The summed E-state index contributed by atoms with van der Waals surface area (Å²) in [6.07, 6.45) is -0.255. The summed E-state index contributed by atoms with van der Waals surface area (Å²) < 4.78 is 18.2. The molecule has 2 aliphatic heterocycles. The van der Waals surface area contributed by atoms with Gasteiger partial charge in [0.05, 0.1) is 10.8 Å². The number of hydrogen-bond acceptors (Lipinski definition) is 6. The lowest BCUT2D eigenvalue weighted by atomic mass is 9.73. The molecule has 2 aromatic rings. The van der Waals surface area contributed by atoms with E-state index < -0.39 is 28.7 Å². The Bertz CT molecular complexity index is 946. The Morgan fingerprint density at radius 2 is 1.96 bits per heavy atom. The number of benzene rings is 2. The number of halogens is 1. The number of ether oxygens (including phenoxy) is 3. The van der Waals surface area contributed by atoms with Crippen molar-refractivity contribution in [3.63, 3.8) is 0 Å². The van der Waals surface area contributed by atoms with Gasteiger partial charge in [-0.3, -0.25) is 14.9 Å². The molecule has 4 rings (SSSR count). The lowest BCUT2D eigenvalue weighted by molar-refractivity contribution is -0.386. The van der Waals surface area contributed by atoms with Crippen molar-refractivity contribution in [3.05, 3.63) is 68.2 Å². The monoisotopic (exact) mass is 447 g/mol. The van der Waals surface area contributed by atoms with Crippen LogP contribution in [0.25, 0.3) is 0 Å². The standard InChI is InChI=1S/C20H18BrNO6/c1-20(26-2)10-14(11-6-8-12(21)9-7-11)16-18(28-20)13-4-3-5-15(22(24)25)17(13)27-19(16)23/h3-9,14,16,18H,10H2,1-2H3. The van der Waals surface area contributed by atoms with Crippen LogP contribution in [0.5, 0.6) is 5.75 Å². The van der Waals surface area contributed by atoms with Crippen molar-refractivity contribution < 1.29 is 23.9 Å². The Labute approximate surface area is 169 Å². The predicted molar refractivity (Wildman–Crippen MR) is 103 cm³/mol. The van der Waals surface area contributed by atoms with Gasteiger partial charge in [0.2, 0.25) is 5.75 Å². The zero-order valence-electron chi connectivity index (χ0n) is 15.3. The van der Waals surface area contributed by atoms with E-state index in [1.807, 2.05) is 31.2 Å². The summed E-state index contributed by atoms with van der Waals surface area (Å²) >= 11 is 3.42. The molecule has 2 aromatic carbocycles. The number of carbonyl (C=O) groups is 1. The second-order valence-electron chi connectivity index (χ2n) is 7.14. The summed E-state index contributed by atoms with van der Waals surface area (Å²) in [5.41, 5.74) is 1.19. The van der Waals surface area contributed by atoms with E-state index in [9.17, 15) is 14.9 Å². The lowest BCUT2D eigenvalue weighted by Gasteiger charge is -2.47. The smallest absolute Gasteiger partial charge is 0.318 e. The van der Waals surface area contributed by atoms with Crippen molar-refractivity contribution in [2.45, 2.75) is 31.2 Å². The average molecular weight is 448 g/mol. The van der Waals surface area contributed by atoms with E-state index in [0.29, 0.717) is 12.0 Å². The van der Waals surface area contributed by atoms with E-state index in [-0.39, 0.29) is 17.4 Å². The zero-order valence-corrected chi connectivity index (χ0v) is 16.8. The molecule has 0 amide bonds. The highest BCUT2D eigenvalue weighted by atomic mass is 79.9. The highest BCUT2D eigenvalue weighted by molar-refractivity contribution is 9.10. The van der Waals surface area contributed by atoms with Gasteiger partial charge < -0.3 is 14.2 Å². The predicted octanol–water partition coefficient (Wildman–Crippen LogP) is 4.50. The van der Waals surface area contributed by atoms with Crippen LogP contribution < -0.4 is 4.74 Å². The number of para-hydroxylation sites is 1. The fourth-order valence-electron chi connectivity index (χ4n) is 4.03. The Kier molecular flexibility index (Phi) is 4.73. The SMILES string of the molecule is COC1(C)CC(c2ccc(Br)cc2)C2C(=O)Oc3c(cccc3[N+](=O)[O-])C2O1. The Hall–Kier alpha value is -2.29. The molecule has 1 saturated heterocycles. The molecule has 4 atom stereocenters. The van der Waals surface area contributed by atoms with Crippen molar-refractivity contribution in [2.75, 3.05) is 7.11 Å². The van der Waals surface area contributed by atoms with Gasteiger partial charge in [0.15, 0.2) is 5.79 Å². The van der Waals surface area contributed by atoms with Gasteiger partial charge in [-0.1, -0.05) is 40.2 Å². The number of nitro groups is 1. The van der Waals surface area contributed by atoms with Crippen LogP contribution in [-0.4, -0.2) is 23.8 Å². The van der Waals surface area contributed by atoms with Gasteiger partial charge >= 0.3 is 11.7 Å². The minimum Gasteiger partial charge on any atom is -0.418 e. The lowest BCUT2D eigenvalue weighted by Crippen LogP contribution is -2.49. The highest BCUT2D eigenvalue weighted by Crippen LogP contribution is 2.54. The molecule has 0 bridgehead atoms. The van der Waals surface area contributed by atoms with Crippen molar-refractivity contribution in [1.82, 2.24) is 0 Å². The molecule has 4 unspecified atom stereocenters. The Balaban J connectivity index is 1.85. The topological polar surface area (TPSA) is 87.9 Å². The molecule has 1 fully saturated rings. The molecule has 7 nitrogen and oxygen atoms in total.